The van der Waals surface area contributed by atoms with Crippen molar-refractivity contribution in [2.24, 2.45) is 17.6 Å². The van der Waals surface area contributed by atoms with Gasteiger partial charge in [-0.3, -0.25) is 14.4 Å². The molecule has 0 aromatic heterocycles. The standard InChI is InChI=1S/C22H23NO7/c1-2-6-30-14-5-3-4-10-7-11-8-12-9-13(24)17(21(23)28)20(27)22(12,29)19(26)16(11)18(25)15(10)14/h3-5,11-12,25,27,29H,2,6-9H2,1H3,(H2,23,28). The lowest BCUT2D eigenvalue weighted by atomic mass is 9.59. The van der Waals surface area contributed by atoms with Crippen molar-refractivity contribution in [2.45, 2.75) is 38.2 Å². The molecule has 0 bridgehead atoms. The second-order valence-corrected chi connectivity index (χ2v) is 8.05. The molecule has 1 aromatic rings. The molecular formula is C22H23NO7. The number of carbonyl (C=O) groups is 3. The van der Waals surface area contributed by atoms with Crippen LogP contribution in [0.2, 0.25) is 0 Å². The number of aliphatic hydroxyl groups excluding tert-OH is 2. The molecular weight excluding hydrogens is 390 g/mol. The molecule has 0 radical (unpaired) electrons. The van der Waals surface area contributed by atoms with Crippen LogP contribution in [0.25, 0.3) is 5.76 Å². The number of aliphatic hydroxyl groups is 3. The van der Waals surface area contributed by atoms with Crippen molar-refractivity contribution in [3.05, 3.63) is 46.2 Å². The second-order valence-electron chi connectivity index (χ2n) is 8.05. The predicted octanol–water partition coefficient (Wildman–Crippen LogP) is 1.51. The summed E-state index contributed by atoms with van der Waals surface area (Å²) in [5, 5.41) is 32.8. The molecule has 0 spiro atoms. The zero-order valence-electron chi connectivity index (χ0n) is 16.5. The normalized spacial score (nSPS) is 28.1. The Kier molecular flexibility index (Phi) is 4.69. The summed E-state index contributed by atoms with van der Waals surface area (Å²) in [4.78, 5) is 37.3. The van der Waals surface area contributed by atoms with E-state index in [1.807, 2.05) is 13.0 Å². The highest BCUT2D eigenvalue weighted by atomic mass is 16.5. The molecule has 3 unspecified atom stereocenters. The van der Waals surface area contributed by atoms with Crippen molar-refractivity contribution in [3.8, 4) is 5.75 Å². The largest absolute Gasteiger partial charge is 0.508 e. The van der Waals surface area contributed by atoms with Gasteiger partial charge in [0.2, 0.25) is 5.78 Å². The highest BCUT2D eigenvalue weighted by Gasteiger charge is 2.60. The third-order valence-electron chi connectivity index (χ3n) is 6.25. The zero-order chi connectivity index (χ0) is 21.8. The van der Waals surface area contributed by atoms with E-state index in [2.05, 4.69) is 0 Å². The molecule has 0 heterocycles. The molecule has 4 rings (SSSR count). The highest BCUT2D eigenvalue weighted by Crippen LogP contribution is 2.51. The molecule has 1 saturated carbocycles. The lowest BCUT2D eigenvalue weighted by Crippen LogP contribution is -2.58. The minimum Gasteiger partial charge on any atom is -0.508 e. The number of hydrogen-bond donors (Lipinski definition) is 4. The first kappa shape index (κ1) is 20.2. The lowest BCUT2D eigenvalue weighted by molar-refractivity contribution is -0.147. The van der Waals surface area contributed by atoms with Crippen LogP contribution < -0.4 is 10.5 Å². The van der Waals surface area contributed by atoms with Crippen LogP contribution in [0.1, 0.15) is 37.3 Å². The minimum absolute atomic E-state index is 0.0292. The second kappa shape index (κ2) is 6.98. The van der Waals surface area contributed by atoms with Crippen LogP contribution in [0.4, 0.5) is 0 Å². The third-order valence-corrected chi connectivity index (χ3v) is 6.25. The Hall–Kier alpha value is -3.13. The maximum atomic E-state index is 13.4. The van der Waals surface area contributed by atoms with Crippen LogP contribution in [0.15, 0.2) is 35.1 Å². The number of nitrogens with two attached hydrogens (primary N) is 1. The number of fused-ring (bicyclic) bond motifs is 3. The van der Waals surface area contributed by atoms with Crippen molar-refractivity contribution < 1.29 is 34.4 Å². The monoisotopic (exact) mass is 413 g/mol. The van der Waals surface area contributed by atoms with E-state index < -0.39 is 46.2 Å². The van der Waals surface area contributed by atoms with E-state index in [0.29, 0.717) is 24.3 Å². The van der Waals surface area contributed by atoms with E-state index in [0.717, 1.165) is 12.0 Å². The first-order chi connectivity index (χ1) is 14.2. The van der Waals surface area contributed by atoms with Gasteiger partial charge in [-0.1, -0.05) is 19.1 Å². The smallest absolute Gasteiger partial charge is 0.255 e. The maximum absolute atomic E-state index is 13.4. The Balaban J connectivity index is 1.88. The van der Waals surface area contributed by atoms with Crippen LogP contribution >= 0.6 is 0 Å². The minimum atomic E-state index is -2.48. The van der Waals surface area contributed by atoms with Gasteiger partial charge >= 0.3 is 0 Å². The Morgan fingerprint density at radius 2 is 2.00 bits per heavy atom. The molecule has 0 aliphatic heterocycles. The molecule has 1 amide bonds. The molecule has 0 saturated heterocycles. The van der Waals surface area contributed by atoms with Crippen molar-refractivity contribution in [1.29, 1.82) is 0 Å². The fourth-order valence-corrected chi connectivity index (χ4v) is 4.88. The number of benzene rings is 1. The fourth-order valence-electron chi connectivity index (χ4n) is 4.88. The van der Waals surface area contributed by atoms with Gasteiger partial charge in [0.15, 0.2) is 11.4 Å². The SMILES string of the molecule is CCCOc1cccc2c1C(O)=C1C(=O)C3(O)C(O)=C(C(N)=O)C(=O)CC3CC1C2. The van der Waals surface area contributed by atoms with Crippen LogP contribution in [0.5, 0.6) is 5.75 Å². The van der Waals surface area contributed by atoms with Crippen LogP contribution in [0, 0.1) is 11.8 Å². The molecule has 3 aliphatic carbocycles. The van der Waals surface area contributed by atoms with Crippen molar-refractivity contribution in [1.82, 2.24) is 0 Å². The first-order valence-corrected chi connectivity index (χ1v) is 9.93. The topological polar surface area (TPSA) is 147 Å². The maximum Gasteiger partial charge on any atom is 0.255 e. The molecule has 3 atom stereocenters. The molecule has 5 N–H and O–H groups in total. The summed E-state index contributed by atoms with van der Waals surface area (Å²) >= 11 is 0. The number of rotatable bonds is 4. The van der Waals surface area contributed by atoms with Gasteiger partial charge in [-0.15, -0.1) is 0 Å². The van der Waals surface area contributed by atoms with Gasteiger partial charge in [-0.25, -0.2) is 0 Å². The third kappa shape index (κ3) is 2.67. The summed E-state index contributed by atoms with van der Waals surface area (Å²) in [5.74, 6) is -5.09. The van der Waals surface area contributed by atoms with E-state index in [4.69, 9.17) is 10.5 Å². The van der Waals surface area contributed by atoms with E-state index >= 15 is 0 Å². The summed E-state index contributed by atoms with van der Waals surface area (Å²) in [5.41, 5.74) is 3.10. The number of ketones is 2. The predicted molar refractivity (Wildman–Crippen MR) is 106 cm³/mol. The molecule has 30 heavy (non-hydrogen) atoms. The van der Waals surface area contributed by atoms with E-state index in [1.165, 1.54) is 0 Å². The van der Waals surface area contributed by atoms with Gasteiger partial charge in [0, 0.05) is 17.9 Å². The Labute approximate surface area is 172 Å². The van der Waals surface area contributed by atoms with Crippen LogP contribution in [-0.4, -0.2) is 45.0 Å². The fraction of sp³-hybridized carbons (Fsp3) is 0.409. The van der Waals surface area contributed by atoms with Gasteiger partial charge in [-0.2, -0.15) is 0 Å². The number of primary amides is 1. The number of hydrogen-bond acceptors (Lipinski definition) is 7. The summed E-state index contributed by atoms with van der Waals surface area (Å²) < 4.78 is 5.72. The molecule has 1 aromatic carbocycles. The number of Topliss-reactive ketones (excluding diaryl/α,β-unsaturated/α-hetero) is 2. The molecule has 1 fully saturated rings. The quantitative estimate of drug-likeness (QED) is 0.547. The zero-order valence-corrected chi connectivity index (χ0v) is 16.5. The molecule has 3 aliphatic rings. The summed E-state index contributed by atoms with van der Waals surface area (Å²) in [6.45, 7) is 2.37. The van der Waals surface area contributed by atoms with Gasteiger partial charge in [0.05, 0.1) is 12.2 Å². The number of carbonyl (C=O) groups excluding carboxylic acids is 3. The Morgan fingerprint density at radius 3 is 2.67 bits per heavy atom. The first-order valence-electron chi connectivity index (χ1n) is 9.93. The summed E-state index contributed by atoms with van der Waals surface area (Å²) in [6, 6.07) is 5.33. The highest BCUT2D eigenvalue weighted by molar-refractivity contribution is 6.22. The molecule has 8 nitrogen and oxygen atoms in total. The van der Waals surface area contributed by atoms with Gasteiger partial charge in [0.25, 0.3) is 5.91 Å². The lowest BCUT2D eigenvalue weighted by Gasteiger charge is -2.46. The van der Waals surface area contributed by atoms with Gasteiger partial charge < -0.3 is 25.8 Å². The van der Waals surface area contributed by atoms with Crippen molar-refractivity contribution in [2.75, 3.05) is 6.61 Å². The Morgan fingerprint density at radius 1 is 1.27 bits per heavy atom. The van der Waals surface area contributed by atoms with E-state index in [-0.39, 0.29) is 24.2 Å². The molecule has 158 valence electrons. The Bertz CT molecular complexity index is 1040. The number of ether oxygens (including phenoxy) is 1. The molecule has 8 heteroatoms. The van der Waals surface area contributed by atoms with Crippen LogP contribution in [0.3, 0.4) is 0 Å². The van der Waals surface area contributed by atoms with Crippen molar-refractivity contribution in [3.63, 3.8) is 0 Å². The van der Waals surface area contributed by atoms with Gasteiger partial charge in [-0.05, 0) is 36.8 Å². The van der Waals surface area contributed by atoms with Crippen molar-refractivity contribution >= 4 is 23.2 Å². The van der Waals surface area contributed by atoms with Crippen LogP contribution in [-0.2, 0) is 20.8 Å². The van der Waals surface area contributed by atoms with Gasteiger partial charge in [0.1, 0.15) is 22.8 Å². The summed E-state index contributed by atoms with van der Waals surface area (Å²) in [7, 11) is 0. The average molecular weight is 413 g/mol. The average Bonchev–Trinajstić information content (AvgIpc) is 2.68. The van der Waals surface area contributed by atoms with E-state index in [9.17, 15) is 29.7 Å². The number of amides is 1. The van der Waals surface area contributed by atoms with E-state index in [1.54, 1.807) is 12.1 Å². The summed E-state index contributed by atoms with van der Waals surface area (Å²) in [6.07, 6.45) is 1.06.